The number of ether oxygens (including phenoxy) is 1. The topological polar surface area (TPSA) is 9.23 Å². The zero-order valence-electron chi connectivity index (χ0n) is 10.9. The molecule has 19 heavy (non-hydrogen) atoms. The van der Waals surface area contributed by atoms with E-state index in [1.165, 1.54) is 10.0 Å². The molecule has 0 bridgehead atoms. The van der Waals surface area contributed by atoms with Crippen molar-refractivity contribution in [3.8, 4) is 0 Å². The predicted octanol–water partition coefficient (Wildman–Crippen LogP) is 3.38. The standard InChI is InChI=1S/C17H18OSe/c1-2-13-18-17(15-9-5-3-6-10-15)14-19-16-11-7-4-8-12-16/h2-12,17H,1,13-14H2. The quantitative estimate of drug-likeness (QED) is 0.562. The van der Waals surface area contributed by atoms with Crippen LogP contribution in [0.5, 0.6) is 0 Å². The van der Waals surface area contributed by atoms with Crippen molar-refractivity contribution in [3.63, 3.8) is 0 Å². The van der Waals surface area contributed by atoms with Crippen molar-refractivity contribution in [2.45, 2.75) is 11.4 Å². The van der Waals surface area contributed by atoms with Gasteiger partial charge in [-0.25, -0.2) is 0 Å². The molecule has 2 rings (SSSR count). The van der Waals surface area contributed by atoms with E-state index >= 15 is 0 Å². The molecule has 0 aliphatic heterocycles. The number of rotatable bonds is 7. The van der Waals surface area contributed by atoms with Crippen LogP contribution in [-0.2, 0) is 4.74 Å². The van der Waals surface area contributed by atoms with Gasteiger partial charge in [-0.05, 0) is 0 Å². The van der Waals surface area contributed by atoms with Gasteiger partial charge in [0.15, 0.2) is 0 Å². The molecule has 1 atom stereocenters. The molecular weight excluding hydrogens is 299 g/mol. The van der Waals surface area contributed by atoms with E-state index < -0.39 is 0 Å². The van der Waals surface area contributed by atoms with Gasteiger partial charge in [0.05, 0.1) is 0 Å². The Morgan fingerprint density at radius 2 is 1.63 bits per heavy atom. The van der Waals surface area contributed by atoms with Crippen LogP contribution >= 0.6 is 0 Å². The maximum absolute atomic E-state index is 5.90. The summed E-state index contributed by atoms with van der Waals surface area (Å²) in [5.74, 6) is 0. The molecule has 0 radical (unpaired) electrons. The Hall–Kier alpha value is -1.34. The van der Waals surface area contributed by atoms with E-state index in [0.29, 0.717) is 21.6 Å². The van der Waals surface area contributed by atoms with Crippen LogP contribution in [0.1, 0.15) is 11.7 Å². The van der Waals surface area contributed by atoms with Crippen molar-refractivity contribution in [1.29, 1.82) is 0 Å². The first kappa shape index (κ1) is 14.1. The Kier molecular flexibility index (Phi) is 5.89. The molecule has 98 valence electrons. The summed E-state index contributed by atoms with van der Waals surface area (Å²) in [6, 6.07) is 21.1. The van der Waals surface area contributed by atoms with Crippen molar-refractivity contribution < 1.29 is 4.74 Å². The first-order valence-corrected chi connectivity index (χ1v) is 8.42. The van der Waals surface area contributed by atoms with Crippen molar-refractivity contribution in [2.75, 3.05) is 6.61 Å². The Morgan fingerprint density at radius 1 is 1.00 bits per heavy atom. The van der Waals surface area contributed by atoms with Crippen molar-refractivity contribution in [1.82, 2.24) is 0 Å². The number of benzene rings is 2. The predicted molar refractivity (Wildman–Crippen MR) is 82.0 cm³/mol. The van der Waals surface area contributed by atoms with Gasteiger partial charge in [0.2, 0.25) is 0 Å². The summed E-state index contributed by atoms with van der Waals surface area (Å²) in [6.07, 6.45) is 1.98. The van der Waals surface area contributed by atoms with Crippen LogP contribution in [-0.4, -0.2) is 21.6 Å². The Balaban J connectivity index is 2.00. The van der Waals surface area contributed by atoms with Gasteiger partial charge in [-0.2, -0.15) is 0 Å². The average Bonchev–Trinajstić information content (AvgIpc) is 2.49. The molecule has 0 saturated carbocycles. The van der Waals surface area contributed by atoms with E-state index in [0.717, 1.165) is 5.32 Å². The summed E-state index contributed by atoms with van der Waals surface area (Å²) in [5.41, 5.74) is 1.25. The van der Waals surface area contributed by atoms with Gasteiger partial charge in [0.1, 0.15) is 0 Å². The summed E-state index contributed by atoms with van der Waals surface area (Å²) in [6.45, 7) is 4.33. The summed E-state index contributed by atoms with van der Waals surface area (Å²) in [7, 11) is 0. The second-order valence-corrected chi connectivity index (χ2v) is 6.44. The maximum atomic E-state index is 5.90. The van der Waals surface area contributed by atoms with Crippen molar-refractivity contribution in [3.05, 3.63) is 78.9 Å². The fourth-order valence-corrected chi connectivity index (χ4v) is 3.84. The Bertz CT molecular complexity index is 481. The number of hydrogen-bond donors (Lipinski definition) is 0. The van der Waals surface area contributed by atoms with Crippen LogP contribution in [0.4, 0.5) is 0 Å². The van der Waals surface area contributed by atoms with Gasteiger partial charge >= 0.3 is 121 Å². The van der Waals surface area contributed by atoms with Gasteiger partial charge in [0, 0.05) is 0 Å². The molecule has 0 heterocycles. The molecule has 0 aliphatic rings. The van der Waals surface area contributed by atoms with E-state index in [4.69, 9.17) is 4.74 Å². The fraction of sp³-hybridized carbons (Fsp3) is 0.176. The van der Waals surface area contributed by atoms with Crippen molar-refractivity contribution >= 4 is 19.4 Å². The molecule has 0 amide bonds. The van der Waals surface area contributed by atoms with Gasteiger partial charge in [-0.3, -0.25) is 0 Å². The molecule has 2 aromatic rings. The van der Waals surface area contributed by atoms with Gasteiger partial charge in [-0.15, -0.1) is 0 Å². The van der Waals surface area contributed by atoms with Crippen LogP contribution in [0.15, 0.2) is 73.3 Å². The van der Waals surface area contributed by atoms with Crippen molar-refractivity contribution in [2.24, 2.45) is 0 Å². The molecule has 1 unspecified atom stereocenters. The summed E-state index contributed by atoms with van der Waals surface area (Å²) >= 11 is 0.433. The van der Waals surface area contributed by atoms with E-state index in [1.807, 2.05) is 12.1 Å². The SMILES string of the molecule is C=CCOC(C[Se]c1ccccc1)c1ccccc1. The van der Waals surface area contributed by atoms with E-state index in [9.17, 15) is 0 Å². The van der Waals surface area contributed by atoms with E-state index in [2.05, 4.69) is 61.2 Å². The van der Waals surface area contributed by atoms with Gasteiger partial charge < -0.3 is 0 Å². The molecule has 2 heteroatoms. The second kappa shape index (κ2) is 7.96. The summed E-state index contributed by atoms with van der Waals surface area (Å²) in [5, 5.41) is 1.05. The third-order valence-corrected chi connectivity index (χ3v) is 4.99. The molecule has 2 aromatic carbocycles. The van der Waals surface area contributed by atoms with Crippen LogP contribution in [0.25, 0.3) is 0 Å². The average molecular weight is 317 g/mol. The number of hydrogen-bond acceptors (Lipinski definition) is 1. The second-order valence-electron chi connectivity index (χ2n) is 4.15. The minimum absolute atomic E-state index is 0.166. The first-order valence-electron chi connectivity index (χ1n) is 6.35. The van der Waals surface area contributed by atoms with E-state index in [-0.39, 0.29) is 6.10 Å². The fourth-order valence-electron chi connectivity index (χ4n) is 1.78. The molecule has 1 nitrogen and oxygen atoms in total. The Morgan fingerprint density at radius 3 is 2.26 bits per heavy atom. The molecule has 0 spiro atoms. The minimum atomic E-state index is 0.166. The zero-order valence-corrected chi connectivity index (χ0v) is 12.6. The van der Waals surface area contributed by atoms with Gasteiger partial charge in [-0.1, -0.05) is 0 Å². The molecule has 0 aliphatic carbocycles. The summed E-state index contributed by atoms with van der Waals surface area (Å²) in [4.78, 5) is 0. The molecular formula is C17H18OSe. The van der Waals surface area contributed by atoms with E-state index in [1.54, 1.807) is 0 Å². The molecule has 0 fully saturated rings. The van der Waals surface area contributed by atoms with Crippen LogP contribution in [0, 0.1) is 0 Å². The normalized spacial score (nSPS) is 12.0. The molecule has 0 N–H and O–H groups in total. The molecule has 0 aromatic heterocycles. The molecule has 0 saturated heterocycles. The third-order valence-electron chi connectivity index (χ3n) is 2.73. The van der Waals surface area contributed by atoms with Crippen LogP contribution in [0.3, 0.4) is 0 Å². The monoisotopic (exact) mass is 318 g/mol. The summed E-state index contributed by atoms with van der Waals surface area (Å²) < 4.78 is 7.31. The van der Waals surface area contributed by atoms with Gasteiger partial charge in [0.25, 0.3) is 0 Å². The third kappa shape index (κ3) is 4.68. The Labute approximate surface area is 121 Å². The van der Waals surface area contributed by atoms with Crippen LogP contribution in [0.2, 0.25) is 5.32 Å². The van der Waals surface area contributed by atoms with Crippen LogP contribution < -0.4 is 4.46 Å². The zero-order chi connectivity index (χ0) is 13.3. The first-order chi connectivity index (χ1) is 9.40.